The van der Waals surface area contributed by atoms with Gasteiger partial charge >= 0.3 is 0 Å². The molecule has 0 unspecified atom stereocenters. The van der Waals surface area contributed by atoms with Crippen molar-refractivity contribution in [1.29, 1.82) is 0 Å². The van der Waals surface area contributed by atoms with E-state index in [0.29, 0.717) is 29.9 Å². The van der Waals surface area contributed by atoms with E-state index in [4.69, 9.17) is 5.73 Å². The Kier molecular flexibility index (Phi) is 3.67. The molecular weight excluding hydrogens is 296 g/mol. The number of nitrogens with two attached hydrogens (primary N) is 1. The molecule has 0 radical (unpaired) electrons. The van der Waals surface area contributed by atoms with E-state index in [-0.39, 0.29) is 11.3 Å². The monoisotopic (exact) mass is 316 g/mol. The van der Waals surface area contributed by atoms with Crippen LogP contribution in [0.4, 0.5) is 0 Å². The lowest BCUT2D eigenvalue weighted by Gasteiger charge is -2.40. The predicted octanol–water partition coefficient (Wildman–Crippen LogP) is 0.436. The summed E-state index contributed by atoms with van der Waals surface area (Å²) >= 11 is 0. The number of H-pyrrole nitrogens is 1. The van der Waals surface area contributed by atoms with Crippen LogP contribution >= 0.6 is 0 Å². The predicted molar refractivity (Wildman–Crippen MR) is 82.8 cm³/mol. The lowest BCUT2D eigenvalue weighted by atomic mass is 9.77. The van der Waals surface area contributed by atoms with Crippen LogP contribution in [-0.2, 0) is 12.5 Å². The molecule has 2 aromatic heterocycles. The van der Waals surface area contributed by atoms with Crippen molar-refractivity contribution in [3.8, 4) is 0 Å². The van der Waals surface area contributed by atoms with Crippen molar-refractivity contribution in [3.05, 3.63) is 35.4 Å². The van der Waals surface area contributed by atoms with Crippen LogP contribution in [-0.4, -0.2) is 49.8 Å². The summed E-state index contributed by atoms with van der Waals surface area (Å²) in [6.07, 6.45) is 6.43. The van der Waals surface area contributed by atoms with E-state index < -0.39 is 5.91 Å². The highest BCUT2D eigenvalue weighted by Gasteiger charge is 2.38. The minimum Gasteiger partial charge on any atom is -0.365 e. The second-order valence-electron chi connectivity index (χ2n) is 6.32. The third kappa shape index (κ3) is 2.71. The summed E-state index contributed by atoms with van der Waals surface area (Å²) in [6, 6.07) is 0. The van der Waals surface area contributed by atoms with Crippen molar-refractivity contribution in [2.75, 3.05) is 13.1 Å². The van der Waals surface area contributed by atoms with Crippen LogP contribution in [0.25, 0.3) is 0 Å². The summed E-state index contributed by atoms with van der Waals surface area (Å²) in [5.74, 6) is -0.560. The van der Waals surface area contributed by atoms with Crippen molar-refractivity contribution in [3.63, 3.8) is 0 Å². The van der Waals surface area contributed by atoms with Gasteiger partial charge in [0.05, 0.1) is 29.2 Å². The highest BCUT2D eigenvalue weighted by molar-refractivity contribution is 5.95. The van der Waals surface area contributed by atoms with Crippen LogP contribution in [0.5, 0.6) is 0 Å². The Morgan fingerprint density at radius 3 is 2.83 bits per heavy atom. The third-order valence-electron chi connectivity index (χ3n) is 4.44. The normalized spacial score (nSPS) is 21.4. The fourth-order valence-electron chi connectivity index (χ4n) is 3.26. The first-order valence-corrected chi connectivity index (χ1v) is 7.52. The molecule has 122 valence electrons. The lowest BCUT2D eigenvalue weighted by Crippen LogP contribution is -2.47. The maximum atomic E-state index is 12.6. The second-order valence-corrected chi connectivity index (χ2v) is 6.32. The Hall–Kier alpha value is -2.64. The number of piperidine rings is 1. The number of likely N-dealkylation sites (tertiary alicyclic amines) is 1. The number of nitrogens with zero attached hydrogens (tertiary/aromatic N) is 4. The number of aromatic nitrogens is 4. The number of amides is 2. The van der Waals surface area contributed by atoms with Gasteiger partial charge in [0.2, 0.25) is 0 Å². The number of rotatable bonds is 3. The van der Waals surface area contributed by atoms with Crippen LogP contribution in [0.1, 0.15) is 46.2 Å². The first-order chi connectivity index (χ1) is 10.9. The molecule has 3 heterocycles. The maximum Gasteiger partial charge on any atom is 0.257 e. The van der Waals surface area contributed by atoms with Gasteiger partial charge in [-0.25, -0.2) is 0 Å². The standard InChI is InChI=1S/C15H20N6O2/c1-15(12-11(13(16)22)7-17-19-12)4-3-5-21(9-15)14(23)10-6-18-20(2)8-10/h6-8H,3-5,9H2,1-2H3,(H2,16,22)(H,17,19)/t15-/m0/s1. The Morgan fingerprint density at radius 1 is 1.39 bits per heavy atom. The molecule has 0 bridgehead atoms. The molecule has 8 nitrogen and oxygen atoms in total. The summed E-state index contributed by atoms with van der Waals surface area (Å²) in [5, 5.41) is 10.9. The number of hydrogen-bond acceptors (Lipinski definition) is 4. The molecule has 23 heavy (non-hydrogen) atoms. The largest absolute Gasteiger partial charge is 0.365 e. The first kappa shape index (κ1) is 15.3. The van der Waals surface area contributed by atoms with Crippen LogP contribution in [0.2, 0.25) is 0 Å². The SMILES string of the molecule is Cn1cc(C(=O)N2CCC[C@](C)(c3[nH]ncc3C(N)=O)C2)cn1. The summed E-state index contributed by atoms with van der Waals surface area (Å²) in [4.78, 5) is 26.0. The van der Waals surface area contributed by atoms with Crippen molar-refractivity contribution in [2.24, 2.45) is 12.8 Å². The van der Waals surface area contributed by atoms with Gasteiger partial charge in [-0.3, -0.25) is 19.4 Å². The highest BCUT2D eigenvalue weighted by Crippen LogP contribution is 2.34. The molecule has 2 aromatic rings. The number of carbonyl (C=O) groups is 2. The minimum atomic E-state index is -0.509. The van der Waals surface area contributed by atoms with Gasteiger partial charge in [0.25, 0.3) is 11.8 Å². The average Bonchev–Trinajstić information content (AvgIpc) is 3.15. The molecule has 2 amide bonds. The molecule has 8 heteroatoms. The van der Waals surface area contributed by atoms with E-state index >= 15 is 0 Å². The van der Waals surface area contributed by atoms with Gasteiger partial charge in [0.1, 0.15) is 0 Å². The molecule has 1 fully saturated rings. The molecule has 1 aliphatic rings. The van der Waals surface area contributed by atoms with Crippen molar-refractivity contribution in [2.45, 2.75) is 25.2 Å². The zero-order chi connectivity index (χ0) is 16.6. The Morgan fingerprint density at radius 2 is 2.17 bits per heavy atom. The number of aryl methyl sites for hydroxylation is 1. The van der Waals surface area contributed by atoms with Gasteiger partial charge in [-0.2, -0.15) is 10.2 Å². The molecule has 1 aliphatic heterocycles. The van der Waals surface area contributed by atoms with Gasteiger partial charge in [0, 0.05) is 31.7 Å². The van der Waals surface area contributed by atoms with E-state index in [0.717, 1.165) is 12.8 Å². The number of nitrogens with one attached hydrogen (secondary N) is 1. The van der Waals surface area contributed by atoms with Gasteiger partial charge in [-0.1, -0.05) is 6.92 Å². The zero-order valence-corrected chi connectivity index (χ0v) is 13.2. The van der Waals surface area contributed by atoms with Crippen LogP contribution in [0.15, 0.2) is 18.6 Å². The number of carbonyl (C=O) groups excluding carboxylic acids is 2. The number of primary amides is 1. The van der Waals surface area contributed by atoms with Gasteiger partial charge in [-0.05, 0) is 12.8 Å². The summed E-state index contributed by atoms with van der Waals surface area (Å²) in [6.45, 7) is 3.21. The van der Waals surface area contributed by atoms with E-state index in [1.807, 2.05) is 6.92 Å². The molecule has 3 N–H and O–H groups in total. The molecule has 3 rings (SSSR count). The van der Waals surface area contributed by atoms with Crippen LogP contribution in [0.3, 0.4) is 0 Å². The molecule has 0 spiro atoms. The van der Waals surface area contributed by atoms with Crippen LogP contribution < -0.4 is 5.73 Å². The molecule has 1 atom stereocenters. The van der Waals surface area contributed by atoms with E-state index in [1.54, 1.807) is 29.0 Å². The molecular formula is C15H20N6O2. The lowest BCUT2D eigenvalue weighted by molar-refractivity contribution is 0.0647. The molecule has 0 aliphatic carbocycles. The molecule has 0 saturated carbocycles. The van der Waals surface area contributed by atoms with Crippen molar-refractivity contribution >= 4 is 11.8 Å². The minimum absolute atomic E-state index is 0.0517. The van der Waals surface area contributed by atoms with Gasteiger partial charge < -0.3 is 10.6 Å². The van der Waals surface area contributed by atoms with Crippen LogP contribution in [0, 0.1) is 0 Å². The van der Waals surface area contributed by atoms with Crippen molar-refractivity contribution < 1.29 is 9.59 Å². The Bertz CT molecular complexity index is 749. The molecule has 1 saturated heterocycles. The Balaban J connectivity index is 1.86. The second kappa shape index (κ2) is 5.53. The topological polar surface area (TPSA) is 110 Å². The third-order valence-corrected chi connectivity index (χ3v) is 4.44. The van der Waals surface area contributed by atoms with E-state index in [2.05, 4.69) is 15.3 Å². The average molecular weight is 316 g/mol. The van der Waals surface area contributed by atoms with Gasteiger partial charge in [-0.15, -0.1) is 0 Å². The maximum absolute atomic E-state index is 12.6. The van der Waals surface area contributed by atoms with Crippen molar-refractivity contribution in [1.82, 2.24) is 24.9 Å². The van der Waals surface area contributed by atoms with E-state index in [9.17, 15) is 9.59 Å². The quantitative estimate of drug-likeness (QED) is 0.856. The first-order valence-electron chi connectivity index (χ1n) is 7.52. The zero-order valence-electron chi connectivity index (χ0n) is 13.2. The summed E-state index contributed by atoms with van der Waals surface area (Å²) in [7, 11) is 1.78. The Labute approximate surface area is 133 Å². The fraction of sp³-hybridized carbons (Fsp3) is 0.467. The summed E-state index contributed by atoms with van der Waals surface area (Å²) < 4.78 is 1.61. The number of aromatic amines is 1. The highest BCUT2D eigenvalue weighted by atomic mass is 16.2. The fourth-order valence-corrected chi connectivity index (χ4v) is 3.26. The van der Waals surface area contributed by atoms with Gasteiger partial charge in [0.15, 0.2) is 0 Å². The smallest absolute Gasteiger partial charge is 0.257 e. The van der Waals surface area contributed by atoms with E-state index in [1.165, 1.54) is 6.20 Å². The number of hydrogen-bond donors (Lipinski definition) is 2. The molecule has 0 aromatic carbocycles. The summed E-state index contributed by atoms with van der Waals surface area (Å²) in [5.41, 5.74) is 6.70.